The number of carboxylic acid groups (broad SMARTS) is 2. The molecule has 1 aromatic heterocycles. The van der Waals surface area contributed by atoms with Crippen LogP contribution in [-0.2, 0) is 14.4 Å². The summed E-state index contributed by atoms with van der Waals surface area (Å²) in [5, 5.41) is 28.3. The number of halogens is 2. The first kappa shape index (κ1) is 32.7. The number of carbonyl (C=O) groups excluding carboxylic acids is 1. The van der Waals surface area contributed by atoms with Gasteiger partial charge in [0.2, 0.25) is 5.91 Å². The number of fused-ring (bicyclic) bond motifs is 1. The first-order chi connectivity index (χ1) is 20.5. The lowest BCUT2D eigenvalue weighted by molar-refractivity contribution is -0.139. The zero-order valence-corrected chi connectivity index (χ0v) is 24.4. The number of nitrogens with zero attached hydrogens (tertiary/aromatic N) is 1. The van der Waals surface area contributed by atoms with Crippen LogP contribution in [0.25, 0.3) is 28.1 Å². The molecule has 1 amide bonds. The highest BCUT2D eigenvalue weighted by Gasteiger charge is 2.17. The van der Waals surface area contributed by atoms with Gasteiger partial charge in [-0.15, -0.1) is 0 Å². The maximum atomic E-state index is 13.7. The van der Waals surface area contributed by atoms with E-state index in [0.29, 0.717) is 11.4 Å². The van der Waals surface area contributed by atoms with Gasteiger partial charge in [0, 0.05) is 17.9 Å². The average molecular weight is 607 g/mol. The van der Waals surface area contributed by atoms with E-state index in [0.717, 1.165) is 50.4 Å². The van der Waals surface area contributed by atoms with Gasteiger partial charge in [-0.05, 0) is 83.6 Å². The molecule has 0 aliphatic carbocycles. The number of H-pyrrole nitrogens is 1. The number of carboxylic acids is 2. The molecule has 0 aliphatic rings. The fraction of sp³-hybridized carbons (Fsp3) is 0.188. The Kier molecular flexibility index (Phi) is 11.7. The number of rotatable bonds is 11. The Hall–Kier alpha value is -4.80. The van der Waals surface area contributed by atoms with Gasteiger partial charge in [-0.25, -0.2) is 9.18 Å². The Morgan fingerprint density at radius 3 is 2.35 bits per heavy atom. The van der Waals surface area contributed by atoms with Gasteiger partial charge in [0.15, 0.2) is 0 Å². The molecule has 4 aromatic rings. The van der Waals surface area contributed by atoms with Gasteiger partial charge in [-0.1, -0.05) is 54.9 Å². The van der Waals surface area contributed by atoms with Crippen molar-refractivity contribution in [3.8, 4) is 0 Å². The summed E-state index contributed by atoms with van der Waals surface area (Å²) in [6.45, 7) is 2.04. The molecular formula is C32H32ClFN4O5. The summed E-state index contributed by atoms with van der Waals surface area (Å²) in [7, 11) is 1.53. The van der Waals surface area contributed by atoms with Crippen LogP contribution in [-0.4, -0.2) is 51.3 Å². The summed E-state index contributed by atoms with van der Waals surface area (Å²) >= 11 is 6.44. The third kappa shape index (κ3) is 9.09. The molecule has 0 saturated carbocycles. The number of carbonyl (C=O) groups is 3. The van der Waals surface area contributed by atoms with Crippen molar-refractivity contribution in [3.05, 3.63) is 106 Å². The summed E-state index contributed by atoms with van der Waals surface area (Å²) < 4.78 is 13.7. The molecule has 6 N–H and O–H groups in total. The molecule has 3 aromatic carbocycles. The summed E-state index contributed by atoms with van der Waals surface area (Å²) in [6, 6.07) is 17.4. The number of hydrogen-bond acceptors (Lipinski definition) is 5. The molecule has 0 saturated heterocycles. The standard InChI is InChI=1S/C26H20ClFN2O2.C6H12N2O3/c1-2-21(22-10-9-20(28)14-23(22)27)26(18-8-11-24-19(13-18)15-29-30-24)17-6-3-16(4-7-17)5-12-25(31)32;1-8-4(6(10)11)2-3-5(7)9/h3-15H,2H2,1H3,(H,29,30)(H,31,32);4,8H,2-3H2,1H3,(H2,7,9)(H,10,11)/t;4-/m.0/s1. The lowest BCUT2D eigenvalue weighted by Crippen LogP contribution is -2.34. The molecule has 0 spiro atoms. The first-order valence-electron chi connectivity index (χ1n) is 13.4. The topological polar surface area (TPSA) is 158 Å². The van der Waals surface area contributed by atoms with Crippen molar-refractivity contribution in [2.75, 3.05) is 7.05 Å². The van der Waals surface area contributed by atoms with E-state index < -0.39 is 23.9 Å². The minimum atomic E-state index is -0.998. The molecule has 1 atom stereocenters. The van der Waals surface area contributed by atoms with Crippen LogP contribution in [0.1, 0.15) is 48.4 Å². The van der Waals surface area contributed by atoms with Crippen molar-refractivity contribution in [3.63, 3.8) is 0 Å². The average Bonchev–Trinajstić information content (AvgIpc) is 3.44. The van der Waals surface area contributed by atoms with E-state index in [2.05, 4.69) is 21.6 Å². The highest BCUT2D eigenvalue weighted by molar-refractivity contribution is 6.32. The second-order valence-electron chi connectivity index (χ2n) is 9.48. The normalized spacial score (nSPS) is 12.4. The zero-order valence-electron chi connectivity index (χ0n) is 23.6. The highest BCUT2D eigenvalue weighted by Crippen LogP contribution is 2.38. The number of allylic oxidation sites excluding steroid dienone is 1. The monoisotopic (exact) mass is 606 g/mol. The number of likely N-dealkylation sites (N-methyl/N-ethyl adjacent to an activating group) is 1. The SMILES string of the molecule is CCC(=C(c1ccc(C=CC(=O)O)cc1)c1ccc2[nH]ncc2c1)c1ccc(F)cc1Cl.CN[C@@H](CCC(N)=O)C(=O)O. The van der Waals surface area contributed by atoms with Crippen molar-refractivity contribution in [1.82, 2.24) is 15.5 Å². The number of hydrogen-bond donors (Lipinski definition) is 5. The Morgan fingerprint density at radius 2 is 1.77 bits per heavy atom. The lowest BCUT2D eigenvalue weighted by atomic mass is 9.87. The van der Waals surface area contributed by atoms with E-state index >= 15 is 0 Å². The fourth-order valence-electron chi connectivity index (χ4n) is 4.46. The smallest absolute Gasteiger partial charge is 0.328 e. The number of primary amides is 1. The molecule has 4 rings (SSSR count). The Bertz CT molecular complexity index is 1660. The Morgan fingerprint density at radius 1 is 1.07 bits per heavy atom. The predicted octanol–water partition coefficient (Wildman–Crippen LogP) is 5.75. The van der Waals surface area contributed by atoms with Crippen LogP contribution in [0.3, 0.4) is 0 Å². The number of aromatic amines is 1. The van der Waals surface area contributed by atoms with Crippen molar-refractivity contribution < 1.29 is 29.0 Å². The van der Waals surface area contributed by atoms with Crippen molar-refractivity contribution >= 4 is 57.6 Å². The van der Waals surface area contributed by atoms with Crippen molar-refractivity contribution in [2.24, 2.45) is 5.73 Å². The maximum Gasteiger partial charge on any atom is 0.328 e. The molecular weight excluding hydrogens is 575 g/mol. The zero-order chi connectivity index (χ0) is 31.5. The number of aliphatic carboxylic acids is 2. The molecule has 0 fully saturated rings. The summed E-state index contributed by atoms with van der Waals surface area (Å²) in [4.78, 5) is 31.4. The van der Waals surface area contributed by atoms with Gasteiger partial charge < -0.3 is 21.3 Å². The minimum Gasteiger partial charge on any atom is -0.480 e. The van der Waals surface area contributed by atoms with E-state index in [-0.39, 0.29) is 18.7 Å². The van der Waals surface area contributed by atoms with Crippen LogP contribution in [0, 0.1) is 5.82 Å². The molecule has 224 valence electrons. The third-order valence-corrected chi connectivity index (χ3v) is 6.90. The summed E-state index contributed by atoms with van der Waals surface area (Å²) in [6.07, 6.45) is 5.43. The first-order valence-corrected chi connectivity index (χ1v) is 13.7. The predicted molar refractivity (Wildman–Crippen MR) is 166 cm³/mol. The number of amides is 1. The minimum absolute atomic E-state index is 0.0950. The number of benzene rings is 3. The van der Waals surface area contributed by atoms with E-state index in [1.807, 2.05) is 43.3 Å². The molecule has 0 unspecified atom stereocenters. The van der Waals surface area contributed by atoms with Crippen LogP contribution in [0.2, 0.25) is 5.02 Å². The van der Waals surface area contributed by atoms with Crippen LogP contribution in [0.4, 0.5) is 4.39 Å². The maximum absolute atomic E-state index is 13.7. The van der Waals surface area contributed by atoms with E-state index in [4.69, 9.17) is 27.5 Å². The quantitative estimate of drug-likeness (QED) is 0.107. The largest absolute Gasteiger partial charge is 0.480 e. The van der Waals surface area contributed by atoms with Crippen LogP contribution in [0.15, 0.2) is 72.9 Å². The molecule has 11 heteroatoms. The summed E-state index contributed by atoms with van der Waals surface area (Å²) in [5.41, 5.74) is 11.2. The van der Waals surface area contributed by atoms with Gasteiger partial charge in [0.05, 0.1) is 16.7 Å². The van der Waals surface area contributed by atoms with Gasteiger partial charge in [-0.2, -0.15) is 5.10 Å². The van der Waals surface area contributed by atoms with Crippen molar-refractivity contribution in [2.45, 2.75) is 32.2 Å². The molecule has 0 radical (unpaired) electrons. The van der Waals surface area contributed by atoms with E-state index in [9.17, 15) is 18.8 Å². The molecule has 0 aliphatic heterocycles. The third-order valence-electron chi connectivity index (χ3n) is 6.58. The van der Waals surface area contributed by atoms with Gasteiger partial charge >= 0.3 is 11.9 Å². The molecule has 9 nitrogen and oxygen atoms in total. The molecule has 0 bridgehead atoms. The van der Waals surface area contributed by atoms with Gasteiger partial charge in [-0.3, -0.25) is 14.7 Å². The van der Waals surface area contributed by atoms with Gasteiger partial charge in [0.25, 0.3) is 0 Å². The van der Waals surface area contributed by atoms with Crippen LogP contribution in [0.5, 0.6) is 0 Å². The number of nitrogens with one attached hydrogen (secondary N) is 2. The van der Waals surface area contributed by atoms with Gasteiger partial charge in [0.1, 0.15) is 11.9 Å². The van der Waals surface area contributed by atoms with E-state index in [1.165, 1.54) is 19.2 Å². The number of nitrogens with two attached hydrogens (primary N) is 1. The highest BCUT2D eigenvalue weighted by atomic mass is 35.5. The van der Waals surface area contributed by atoms with E-state index in [1.54, 1.807) is 18.3 Å². The molecule has 1 heterocycles. The Balaban J connectivity index is 0.000000393. The summed E-state index contributed by atoms with van der Waals surface area (Å²) in [5.74, 6) is -2.83. The number of aromatic nitrogens is 2. The fourth-order valence-corrected chi connectivity index (χ4v) is 4.74. The second-order valence-corrected chi connectivity index (χ2v) is 9.89. The Labute approximate surface area is 252 Å². The van der Waals surface area contributed by atoms with Crippen molar-refractivity contribution in [1.29, 1.82) is 0 Å². The van der Waals surface area contributed by atoms with Crippen LogP contribution < -0.4 is 11.1 Å². The second kappa shape index (κ2) is 15.4. The molecule has 43 heavy (non-hydrogen) atoms. The van der Waals surface area contributed by atoms with Crippen LogP contribution >= 0.6 is 11.6 Å². The lowest BCUT2D eigenvalue weighted by Gasteiger charge is -2.17.